The first-order chi connectivity index (χ1) is 7.53. The molecular formula is C11H19FO4S. The van der Waals surface area contributed by atoms with E-state index in [1.54, 1.807) is 0 Å². The summed E-state index contributed by atoms with van der Waals surface area (Å²) in [5, 5.41) is 0. The zero-order valence-electron chi connectivity index (χ0n) is 10.5. The lowest BCUT2D eigenvalue weighted by Crippen LogP contribution is -2.23. The van der Waals surface area contributed by atoms with E-state index in [9.17, 15) is 17.6 Å². The van der Waals surface area contributed by atoms with Crippen LogP contribution in [0.15, 0.2) is 12.2 Å². The van der Waals surface area contributed by atoms with Crippen LogP contribution in [0, 0.1) is 0 Å². The Bertz CT molecular complexity index is 379. The molecule has 0 aromatic heterocycles. The summed E-state index contributed by atoms with van der Waals surface area (Å²) in [4.78, 5) is 11.0. The topological polar surface area (TPSA) is 60.4 Å². The van der Waals surface area contributed by atoms with E-state index in [2.05, 4.69) is 11.3 Å². The molecule has 0 aromatic carbocycles. The van der Waals surface area contributed by atoms with Gasteiger partial charge in [0.15, 0.2) is 9.84 Å². The van der Waals surface area contributed by atoms with E-state index in [1.807, 2.05) is 0 Å². The Kier molecular flexibility index (Phi) is 5.81. The highest BCUT2D eigenvalue weighted by atomic mass is 32.2. The highest BCUT2D eigenvalue weighted by Crippen LogP contribution is 2.14. The highest BCUT2D eigenvalue weighted by molar-refractivity contribution is 7.91. The second-order valence-corrected chi connectivity index (χ2v) is 6.84. The van der Waals surface area contributed by atoms with Crippen molar-refractivity contribution in [3.8, 4) is 0 Å². The highest BCUT2D eigenvalue weighted by Gasteiger charge is 2.21. The Hall–Kier alpha value is -0.910. The van der Waals surface area contributed by atoms with Gasteiger partial charge in [-0.05, 0) is 27.2 Å². The number of carbonyl (C=O) groups excluding carboxylic acids is 1. The number of sulfone groups is 1. The standard InChI is InChI=1S/C11H19FO4S/c1-9(2)10(13)16-6-8-17(14,15)7-5-11(3,4)12/h1,5-8H2,2-4H3. The van der Waals surface area contributed by atoms with Crippen LogP contribution in [0.1, 0.15) is 27.2 Å². The molecule has 0 aromatic rings. The third kappa shape index (κ3) is 8.85. The monoisotopic (exact) mass is 266 g/mol. The van der Waals surface area contributed by atoms with E-state index in [4.69, 9.17) is 0 Å². The number of rotatable bonds is 7. The third-order valence-corrected chi connectivity index (χ3v) is 3.60. The molecule has 4 nitrogen and oxygen atoms in total. The summed E-state index contributed by atoms with van der Waals surface area (Å²) in [6.45, 7) is 7.26. The van der Waals surface area contributed by atoms with Crippen LogP contribution >= 0.6 is 0 Å². The van der Waals surface area contributed by atoms with E-state index in [-0.39, 0.29) is 30.1 Å². The van der Waals surface area contributed by atoms with Gasteiger partial charge in [-0.2, -0.15) is 0 Å². The molecule has 0 atom stereocenters. The van der Waals surface area contributed by atoms with Crippen molar-refractivity contribution in [3.05, 3.63) is 12.2 Å². The maximum atomic E-state index is 13.1. The first-order valence-electron chi connectivity index (χ1n) is 5.25. The van der Waals surface area contributed by atoms with Crippen molar-refractivity contribution in [3.63, 3.8) is 0 Å². The molecule has 0 heterocycles. The minimum atomic E-state index is -3.38. The summed E-state index contributed by atoms with van der Waals surface area (Å²) in [6.07, 6.45) is -0.0657. The summed E-state index contributed by atoms with van der Waals surface area (Å²) in [5.41, 5.74) is -1.30. The molecule has 0 aliphatic carbocycles. The predicted octanol–water partition coefficient (Wildman–Crippen LogP) is 1.66. The molecule has 0 unspecified atom stereocenters. The van der Waals surface area contributed by atoms with Crippen LogP contribution in [-0.4, -0.2) is 38.2 Å². The molecule has 0 spiro atoms. The smallest absolute Gasteiger partial charge is 0.333 e. The fraction of sp³-hybridized carbons (Fsp3) is 0.727. The molecule has 0 aliphatic heterocycles. The number of hydrogen-bond acceptors (Lipinski definition) is 4. The van der Waals surface area contributed by atoms with Gasteiger partial charge in [-0.25, -0.2) is 17.6 Å². The summed E-state index contributed by atoms with van der Waals surface area (Å²) in [5.74, 6) is -1.16. The Morgan fingerprint density at radius 2 is 1.88 bits per heavy atom. The van der Waals surface area contributed by atoms with Crippen molar-refractivity contribution < 1.29 is 22.3 Å². The average molecular weight is 266 g/mol. The number of hydrogen-bond donors (Lipinski definition) is 0. The lowest BCUT2D eigenvalue weighted by Gasteiger charge is -2.13. The van der Waals surface area contributed by atoms with Crippen LogP contribution < -0.4 is 0 Å². The van der Waals surface area contributed by atoms with Crippen LogP contribution in [-0.2, 0) is 19.4 Å². The molecule has 100 valence electrons. The number of alkyl halides is 1. The van der Waals surface area contributed by atoms with Gasteiger partial charge < -0.3 is 4.74 Å². The van der Waals surface area contributed by atoms with Gasteiger partial charge in [0.05, 0.1) is 11.5 Å². The normalized spacial score (nSPS) is 12.2. The lowest BCUT2D eigenvalue weighted by atomic mass is 10.1. The van der Waals surface area contributed by atoms with Crippen molar-refractivity contribution in [2.24, 2.45) is 0 Å². The molecule has 0 saturated heterocycles. The Morgan fingerprint density at radius 3 is 2.29 bits per heavy atom. The van der Waals surface area contributed by atoms with Crippen LogP contribution in [0.2, 0.25) is 0 Å². The molecule has 0 fully saturated rings. The minimum absolute atomic E-state index is 0.0657. The van der Waals surface area contributed by atoms with Gasteiger partial charge in [-0.15, -0.1) is 0 Å². The molecule has 0 radical (unpaired) electrons. The van der Waals surface area contributed by atoms with Crippen molar-refractivity contribution in [1.29, 1.82) is 0 Å². The van der Waals surface area contributed by atoms with E-state index >= 15 is 0 Å². The maximum absolute atomic E-state index is 13.1. The third-order valence-electron chi connectivity index (χ3n) is 1.98. The second-order valence-electron chi connectivity index (χ2n) is 4.54. The largest absolute Gasteiger partial charge is 0.461 e. The van der Waals surface area contributed by atoms with Gasteiger partial charge >= 0.3 is 5.97 Å². The van der Waals surface area contributed by atoms with Crippen LogP contribution in [0.3, 0.4) is 0 Å². The summed E-state index contributed by atoms with van der Waals surface area (Å²) in [7, 11) is -3.38. The van der Waals surface area contributed by atoms with E-state index in [0.717, 1.165) is 0 Å². The molecule has 0 amide bonds. The van der Waals surface area contributed by atoms with Crippen molar-refractivity contribution in [2.45, 2.75) is 32.9 Å². The number of halogens is 1. The number of esters is 1. The molecule has 0 rings (SSSR count). The van der Waals surface area contributed by atoms with Crippen LogP contribution in [0.25, 0.3) is 0 Å². The number of ether oxygens (including phenoxy) is 1. The van der Waals surface area contributed by atoms with Crippen LogP contribution in [0.5, 0.6) is 0 Å². The molecule has 0 saturated carbocycles. The zero-order chi connectivity index (χ0) is 13.7. The second kappa shape index (κ2) is 6.14. The van der Waals surface area contributed by atoms with Gasteiger partial charge in [0.25, 0.3) is 0 Å². The Labute approximate surface area is 102 Å². The number of carbonyl (C=O) groups is 1. The van der Waals surface area contributed by atoms with E-state index in [1.165, 1.54) is 20.8 Å². The van der Waals surface area contributed by atoms with Crippen molar-refractivity contribution in [1.82, 2.24) is 0 Å². The molecule has 0 bridgehead atoms. The van der Waals surface area contributed by atoms with Gasteiger partial charge in [-0.3, -0.25) is 0 Å². The molecular weight excluding hydrogens is 247 g/mol. The van der Waals surface area contributed by atoms with Gasteiger partial charge in [0, 0.05) is 5.57 Å². The lowest BCUT2D eigenvalue weighted by molar-refractivity contribution is -0.138. The summed E-state index contributed by atoms with van der Waals surface area (Å²) < 4.78 is 40.7. The zero-order valence-corrected chi connectivity index (χ0v) is 11.3. The first-order valence-corrected chi connectivity index (χ1v) is 7.08. The SMILES string of the molecule is C=C(C)C(=O)OCCS(=O)(=O)CCC(C)(C)F. The molecule has 0 N–H and O–H groups in total. The average Bonchev–Trinajstić information content (AvgIpc) is 2.13. The maximum Gasteiger partial charge on any atom is 0.333 e. The Balaban J connectivity index is 4.04. The summed E-state index contributed by atoms with van der Waals surface area (Å²) >= 11 is 0. The minimum Gasteiger partial charge on any atom is -0.461 e. The molecule has 6 heteroatoms. The van der Waals surface area contributed by atoms with Crippen molar-refractivity contribution >= 4 is 15.8 Å². The molecule has 17 heavy (non-hydrogen) atoms. The summed E-state index contributed by atoms with van der Waals surface area (Å²) in [6, 6.07) is 0. The van der Waals surface area contributed by atoms with E-state index in [0.29, 0.717) is 0 Å². The van der Waals surface area contributed by atoms with E-state index < -0.39 is 21.5 Å². The first kappa shape index (κ1) is 16.1. The van der Waals surface area contributed by atoms with Gasteiger partial charge in [0.1, 0.15) is 12.3 Å². The van der Waals surface area contributed by atoms with Crippen LogP contribution in [0.4, 0.5) is 4.39 Å². The quantitative estimate of drug-likeness (QED) is 0.519. The Morgan fingerprint density at radius 1 is 1.35 bits per heavy atom. The fourth-order valence-corrected chi connectivity index (χ4v) is 2.22. The van der Waals surface area contributed by atoms with Gasteiger partial charge in [-0.1, -0.05) is 6.58 Å². The molecule has 0 aliphatic rings. The van der Waals surface area contributed by atoms with Crippen molar-refractivity contribution in [2.75, 3.05) is 18.1 Å². The van der Waals surface area contributed by atoms with Gasteiger partial charge in [0.2, 0.25) is 0 Å². The fourth-order valence-electron chi connectivity index (χ4n) is 0.885. The predicted molar refractivity (Wildman–Crippen MR) is 64.2 cm³/mol.